The van der Waals surface area contributed by atoms with Crippen LogP contribution in [0.1, 0.15) is 31.5 Å². The van der Waals surface area contributed by atoms with Gasteiger partial charge in [0.25, 0.3) is 0 Å². The van der Waals surface area contributed by atoms with E-state index in [4.69, 9.17) is 10.2 Å². The second-order valence-corrected chi connectivity index (χ2v) is 6.23. The minimum absolute atomic E-state index is 0.0956. The summed E-state index contributed by atoms with van der Waals surface area (Å²) in [6, 6.07) is 10.2. The maximum atomic E-state index is 6.01. The fourth-order valence-corrected chi connectivity index (χ4v) is 2.79. The molecule has 132 valence electrons. The molecule has 0 unspecified atom stereocenters. The molecule has 0 aliphatic carbocycles. The number of nitrogens with zero attached hydrogens (tertiary/aromatic N) is 5. The predicted molar refractivity (Wildman–Crippen MR) is 99.3 cm³/mol. The summed E-state index contributed by atoms with van der Waals surface area (Å²) in [4.78, 5) is 17.0. The lowest BCUT2D eigenvalue weighted by Crippen LogP contribution is -2.28. The number of benzene rings is 1. The molecule has 25 heavy (non-hydrogen) atoms. The van der Waals surface area contributed by atoms with Gasteiger partial charge in [0, 0.05) is 19.5 Å². The molecule has 2 N–H and O–H groups in total. The van der Waals surface area contributed by atoms with Crippen molar-refractivity contribution in [3.63, 3.8) is 0 Å². The van der Waals surface area contributed by atoms with Gasteiger partial charge in [-0.15, -0.1) is 0 Å². The van der Waals surface area contributed by atoms with Crippen molar-refractivity contribution in [3.05, 3.63) is 41.9 Å². The number of anilines is 2. The molecular formula is C18H24N6O. The van der Waals surface area contributed by atoms with Crippen molar-refractivity contribution >= 4 is 22.9 Å². The molecule has 0 aliphatic rings. The minimum atomic E-state index is 0.0956. The van der Waals surface area contributed by atoms with Gasteiger partial charge in [-0.1, -0.05) is 25.1 Å². The van der Waals surface area contributed by atoms with Crippen LogP contribution in [0.25, 0.3) is 11.0 Å². The lowest BCUT2D eigenvalue weighted by atomic mass is 10.2. The molecule has 0 radical (unpaired) electrons. The van der Waals surface area contributed by atoms with Crippen LogP contribution in [0.15, 0.2) is 34.7 Å². The molecule has 0 spiro atoms. The Kier molecular flexibility index (Phi) is 4.85. The van der Waals surface area contributed by atoms with Gasteiger partial charge in [-0.25, -0.2) is 0 Å². The number of nitrogens with two attached hydrogens (primary N) is 1. The summed E-state index contributed by atoms with van der Waals surface area (Å²) in [6.07, 6.45) is 0. The first kappa shape index (κ1) is 17.2. The van der Waals surface area contributed by atoms with Crippen LogP contribution < -0.4 is 10.6 Å². The first-order valence-electron chi connectivity index (χ1n) is 8.38. The molecular weight excluding hydrogens is 316 g/mol. The van der Waals surface area contributed by atoms with E-state index >= 15 is 0 Å². The highest BCUT2D eigenvalue weighted by Gasteiger charge is 2.20. The number of fused-ring (bicyclic) bond motifs is 1. The Labute approximate surface area is 147 Å². The van der Waals surface area contributed by atoms with Gasteiger partial charge in [0.2, 0.25) is 11.9 Å². The summed E-state index contributed by atoms with van der Waals surface area (Å²) in [7, 11) is 3.76. The summed E-state index contributed by atoms with van der Waals surface area (Å²) in [5.74, 6) is 2.38. The maximum absolute atomic E-state index is 6.01. The molecule has 2 aromatic heterocycles. The van der Waals surface area contributed by atoms with Crippen LogP contribution in [-0.2, 0) is 6.54 Å². The van der Waals surface area contributed by atoms with Crippen molar-refractivity contribution in [1.29, 1.82) is 0 Å². The number of rotatable bonds is 6. The first-order valence-corrected chi connectivity index (χ1v) is 8.38. The molecule has 0 bridgehead atoms. The van der Waals surface area contributed by atoms with Gasteiger partial charge in [-0.3, -0.25) is 4.90 Å². The number of para-hydroxylation sites is 1. The van der Waals surface area contributed by atoms with Gasteiger partial charge >= 0.3 is 0 Å². The summed E-state index contributed by atoms with van der Waals surface area (Å²) < 4.78 is 6.01. The first-order chi connectivity index (χ1) is 12.0. The van der Waals surface area contributed by atoms with Crippen LogP contribution in [0.5, 0.6) is 0 Å². The molecule has 2 heterocycles. The lowest BCUT2D eigenvalue weighted by molar-refractivity contribution is 0.187. The van der Waals surface area contributed by atoms with Crippen LogP contribution in [0.4, 0.5) is 11.9 Å². The van der Waals surface area contributed by atoms with Crippen LogP contribution in [0, 0.1) is 0 Å². The third-order valence-corrected chi connectivity index (χ3v) is 4.24. The SMILES string of the molecule is CCN(Cc1nc(N)nc(N(C)C)n1)[C@@H](C)c1cc2ccccc2o1. The summed E-state index contributed by atoms with van der Waals surface area (Å²) in [5, 5.41) is 1.11. The minimum Gasteiger partial charge on any atom is -0.459 e. The van der Waals surface area contributed by atoms with E-state index in [0.29, 0.717) is 18.3 Å². The Morgan fingerprint density at radius 1 is 1.16 bits per heavy atom. The van der Waals surface area contributed by atoms with Crippen molar-refractivity contribution in [1.82, 2.24) is 19.9 Å². The van der Waals surface area contributed by atoms with E-state index in [-0.39, 0.29) is 12.0 Å². The fraction of sp³-hybridized carbons (Fsp3) is 0.389. The van der Waals surface area contributed by atoms with Gasteiger partial charge in [-0.2, -0.15) is 15.0 Å². The van der Waals surface area contributed by atoms with Gasteiger partial charge in [-0.05, 0) is 25.6 Å². The van der Waals surface area contributed by atoms with Gasteiger partial charge < -0.3 is 15.1 Å². The van der Waals surface area contributed by atoms with E-state index in [1.54, 1.807) is 0 Å². The highest BCUT2D eigenvalue weighted by Crippen LogP contribution is 2.28. The monoisotopic (exact) mass is 340 g/mol. The van der Waals surface area contributed by atoms with E-state index in [2.05, 4.69) is 45.8 Å². The quantitative estimate of drug-likeness (QED) is 0.738. The van der Waals surface area contributed by atoms with Crippen molar-refractivity contribution in [2.24, 2.45) is 0 Å². The molecule has 3 rings (SSSR count). The predicted octanol–water partition coefficient (Wildman–Crippen LogP) is 2.85. The van der Waals surface area contributed by atoms with Crippen molar-refractivity contribution in [2.45, 2.75) is 26.4 Å². The molecule has 0 saturated heterocycles. The third kappa shape index (κ3) is 3.71. The van der Waals surface area contributed by atoms with Crippen molar-refractivity contribution in [2.75, 3.05) is 31.3 Å². The highest BCUT2D eigenvalue weighted by molar-refractivity contribution is 5.77. The molecule has 7 heteroatoms. The highest BCUT2D eigenvalue weighted by atomic mass is 16.3. The number of aromatic nitrogens is 3. The van der Waals surface area contributed by atoms with Crippen molar-refractivity contribution in [3.8, 4) is 0 Å². The Balaban J connectivity index is 1.84. The summed E-state index contributed by atoms with van der Waals surface area (Å²) in [6.45, 7) is 5.64. The average molecular weight is 340 g/mol. The van der Waals surface area contributed by atoms with Gasteiger partial charge in [0.1, 0.15) is 17.2 Å². The van der Waals surface area contributed by atoms with E-state index in [1.807, 2.05) is 37.2 Å². The maximum Gasteiger partial charge on any atom is 0.229 e. The Bertz CT molecular complexity index is 827. The molecule has 3 aromatic rings. The van der Waals surface area contributed by atoms with E-state index in [0.717, 1.165) is 23.3 Å². The molecule has 0 aliphatic heterocycles. The lowest BCUT2D eigenvalue weighted by Gasteiger charge is -2.25. The fourth-order valence-electron chi connectivity index (χ4n) is 2.79. The van der Waals surface area contributed by atoms with Crippen LogP contribution in [-0.4, -0.2) is 40.5 Å². The smallest absolute Gasteiger partial charge is 0.229 e. The Hall–Kier alpha value is -2.67. The van der Waals surface area contributed by atoms with E-state index < -0.39 is 0 Å². The normalized spacial score (nSPS) is 12.7. The average Bonchev–Trinajstić information content (AvgIpc) is 3.02. The number of hydrogen-bond acceptors (Lipinski definition) is 7. The largest absolute Gasteiger partial charge is 0.459 e. The summed E-state index contributed by atoms with van der Waals surface area (Å²) >= 11 is 0. The van der Waals surface area contributed by atoms with Crippen molar-refractivity contribution < 1.29 is 4.42 Å². The zero-order chi connectivity index (χ0) is 18.0. The zero-order valence-corrected chi connectivity index (χ0v) is 15.1. The van der Waals surface area contributed by atoms with Crippen LogP contribution in [0.3, 0.4) is 0 Å². The molecule has 7 nitrogen and oxygen atoms in total. The van der Waals surface area contributed by atoms with Gasteiger partial charge in [0.05, 0.1) is 12.6 Å². The number of hydrogen-bond donors (Lipinski definition) is 1. The molecule has 1 atom stereocenters. The number of nitrogen functional groups attached to an aromatic ring is 1. The molecule has 1 aromatic carbocycles. The third-order valence-electron chi connectivity index (χ3n) is 4.24. The second-order valence-electron chi connectivity index (χ2n) is 6.23. The van der Waals surface area contributed by atoms with Crippen LogP contribution in [0.2, 0.25) is 0 Å². The van der Waals surface area contributed by atoms with E-state index in [1.165, 1.54) is 0 Å². The standard InChI is InChI=1S/C18H24N6O/c1-5-24(11-16-20-17(19)22-18(21-16)23(3)4)12(2)15-10-13-8-6-7-9-14(13)25-15/h6-10,12H,5,11H2,1-4H3,(H2,19,20,21,22)/t12-/m0/s1. The molecule has 0 saturated carbocycles. The molecule has 0 fully saturated rings. The summed E-state index contributed by atoms with van der Waals surface area (Å²) in [5.41, 5.74) is 6.73. The van der Waals surface area contributed by atoms with Crippen LogP contribution >= 0.6 is 0 Å². The molecule has 0 amide bonds. The van der Waals surface area contributed by atoms with Gasteiger partial charge in [0.15, 0.2) is 0 Å². The Morgan fingerprint density at radius 3 is 2.60 bits per heavy atom. The zero-order valence-electron chi connectivity index (χ0n) is 15.1. The topological polar surface area (TPSA) is 84.3 Å². The Morgan fingerprint density at radius 2 is 1.92 bits per heavy atom. The van der Waals surface area contributed by atoms with E-state index in [9.17, 15) is 0 Å². The number of furan rings is 1. The second kappa shape index (κ2) is 7.06.